The van der Waals surface area contributed by atoms with Crippen LogP contribution in [-0.4, -0.2) is 18.1 Å². The third-order valence-corrected chi connectivity index (χ3v) is 1.81. The van der Waals surface area contributed by atoms with Crippen molar-refractivity contribution in [3.05, 3.63) is 29.6 Å². The Morgan fingerprint density at radius 1 is 1.53 bits per heavy atom. The second-order valence-electron chi connectivity index (χ2n) is 2.97. The van der Waals surface area contributed by atoms with Gasteiger partial charge in [0.1, 0.15) is 6.42 Å². The van der Waals surface area contributed by atoms with E-state index in [9.17, 15) is 18.0 Å². The molecule has 0 fully saturated rings. The molecule has 0 radical (unpaired) electrons. The van der Waals surface area contributed by atoms with Gasteiger partial charge >= 0.3 is 12.1 Å². The molecular formula is C11H8F3NO2. The Bertz CT molecular complexity index is 472. The Balaban J connectivity index is 2.95. The van der Waals surface area contributed by atoms with Gasteiger partial charge in [-0.15, -0.1) is 0 Å². The van der Waals surface area contributed by atoms with Crippen LogP contribution in [0.3, 0.4) is 0 Å². The monoisotopic (exact) mass is 243 g/mol. The number of esters is 1. The highest BCUT2D eigenvalue weighted by molar-refractivity contribution is 5.72. The zero-order valence-corrected chi connectivity index (χ0v) is 8.84. The van der Waals surface area contributed by atoms with E-state index in [1.165, 1.54) is 7.11 Å². The first-order chi connectivity index (χ1) is 7.95. The summed E-state index contributed by atoms with van der Waals surface area (Å²) in [6.07, 6.45) is -2.71. The Morgan fingerprint density at radius 3 is 2.82 bits per heavy atom. The van der Waals surface area contributed by atoms with Gasteiger partial charge in [-0.1, -0.05) is 11.8 Å². The Hall–Kier alpha value is -2.03. The highest BCUT2D eigenvalue weighted by atomic mass is 19.4. The number of aromatic nitrogens is 1. The number of alkyl halides is 3. The maximum atomic E-state index is 12.5. The van der Waals surface area contributed by atoms with E-state index in [0.717, 1.165) is 18.5 Å². The molecule has 0 aromatic carbocycles. The molecule has 0 aliphatic carbocycles. The molecule has 0 saturated carbocycles. The van der Waals surface area contributed by atoms with Gasteiger partial charge < -0.3 is 4.74 Å². The van der Waals surface area contributed by atoms with E-state index in [1.807, 2.05) is 0 Å². The molecule has 0 aliphatic heterocycles. The fourth-order valence-electron chi connectivity index (χ4n) is 1.03. The predicted octanol–water partition coefficient (Wildman–Crippen LogP) is 2.02. The number of hydrogen-bond acceptors (Lipinski definition) is 3. The standard InChI is InChI=1S/C11H8F3NO2/c1-17-10(16)4-2-3-8-7-15-6-5-9(8)11(12,13)14/h5-7H,4H2,1H3. The Morgan fingerprint density at radius 2 is 2.24 bits per heavy atom. The molecular weight excluding hydrogens is 235 g/mol. The third kappa shape index (κ3) is 3.79. The number of halogens is 3. The molecule has 0 atom stereocenters. The first kappa shape index (κ1) is 13.0. The van der Waals surface area contributed by atoms with E-state index < -0.39 is 17.7 Å². The minimum atomic E-state index is -4.49. The van der Waals surface area contributed by atoms with E-state index >= 15 is 0 Å². The van der Waals surface area contributed by atoms with Gasteiger partial charge in [0.25, 0.3) is 0 Å². The van der Waals surface area contributed by atoms with E-state index in [4.69, 9.17) is 0 Å². The van der Waals surface area contributed by atoms with E-state index in [-0.39, 0.29) is 12.0 Å². The van der Waals surface area contributed by atoms with Crippen molar-refractivity contribution in [2.24, 2.45) is 0 Å². The molecule has 1 heterocycles. The van der Waals surface area contributed by atoms with E-state index in [1.54, 1.807) is 0 Å². The topological polar surface area (TPSA) is 39.2 Å². The molecule has 0 N–H and O–H groups in total. The van der Waals surface area contributed by atoms with Crippen molar-refractivity contribution in [3.8, 4) is 11.8 Å². The summed E-state index contributed by atoms with van der Waals surface area (Å²) in [6.45, 7) is 0. The van der Waals surface area contributed by atoms with Crippen LogP contribution in [-0.2, 0) is 15.7 Å². The second-order valence-corrected chi connectivity index (χ2v) is 2.97. The molecule has 0 spiro atoms. The number of methoxy groups -OCH3 is 1. The molecule has 0 unspecified atom stereocenters. The maximum Gasteiger partial charge on any atom is 0.417 e. The number of ether oxygens (including phenoxy) is 1. The number of carbonyl (C=O) groups is 1. The van der Waals surface area contributed by atoms with E-state index in [2.05, 4.69) is 21.6 Å². The number of hydrogen-bond donors (Lipinski definition) is 0. The molecule has 17 heavy (non-hydrogen) atoms. The minimum Gasteiger partial charge on any atom is -0.468 e. The maximum absolute atomic E-state index is 12.5. The van der Waals surface area contributed by atoms with Crippen molar-refractivity contribution in [2.45, 2.75) is 12.6 Å². The summed E-state index contributed by atoms with van der Waals surface area (Å²) in [4.78, 5) is 14.3. The SMILES string of the molecule is COC(=O)CC#Cc1cnccc1C(F)(F)F. The van der Waals surface area contributed by atoms with Crippen LogP contribution >= 0.6 is 0 Å². The molecule has 90 valence electrons. The zero-order chi connectivity index (χ0) is 12.9. The van der Waals surface area contributed by atoms with Crippen molar-refractivity contribution in [1.82, 2.24) is 4.98 Å². The Kier molecular flexibility index (Phi) is 4.10. The molecule has 1 aromatic rings. The van der Waals surface area contributed by atoms with Gasteiger partial charge in [-0.05, 0) is 6.07 Å². The molecule has 0 aliphatic rings. The molecule has 6 heteroatoms. The van der Waals surface area contributed by atoms with Crippen LogP contribution in [0.5, 0.6) is 0 Å². The van der Waals surface area contributed by atoms with Gasteiger partial charge in [-0.25, -0.2) is 0 Å². The summed E-state index contributed by atoms with van der Waals surface area (Å²) >= 11 is 0. The molecule has 1 rings (SSSR count). The highest BCUT2D eigenvalue weighted by Gasteiger charge is 2.32. The van der Waals surface area contributed by atoms with Crippen LogP contribution in [0, 0.1) is 11.8 Å². The minimum absolute atomic E-state index is 0.260. The summed E-state index contributed by atoms with van der Waals surface area (Å²) in [7, 11) is 1.18. The number of pyridine rings is 1. The first-order valence-electron chi connectivity index (χ1n) is 4.52. The molecule has 3 nitrogen and oxygen atoms in total. The Labute approximate surface area is 95.6 Å². The smallest absolute Gasteiger partial charge is 0.417 e. The zero-order valence-electron chi connectivity index (χ0n) is 8.84. The van der Waals surface area contributed by atoms with Crippen LogP contribution < -0.4 is 0 Å². The molecule has 1 aromatic heterocycles. The summed E-state index contributed by atoms with van der Waals surface area (Å²) < 4.78 is 41.8. The van der Waals surface area contributed by atoms with Crippen molar-refractivity contribution in [3.63, 3.8) is 0 Å². The third-order valence-electron chi connectivity index (χ3n) is 1.81. The van der Waals surface area contributed by atoms with Gasteiger partial charge in [0.2, 0.25) is 0 Å². The van der Waals surface area contributed by atoms with Gasteiger partial charge in [0, 0.05) is 12.4 Å². The average molecular weight is 243 g/mol. The molecule has 0 amide bonds. The molecule has 0 saturated heterocycles. The van der Waals surface area contributed by atoms with Crippen LogP contribution in [0.4, 0.5) is 13.2 Å². The number of rotatable bonds is 1. The number of nitrogens with zero attached hydrogens (tertiary/aromatic N) is 1. The van der Waals surface area contributed by atoms with Gasteiger partial charge in [-0.2, -0.15) is 13.2 Å². The first-order valence-corrected chi connectivity index (χ1v) is 4.52. The van der Waals surface area contributed by atoms with Crippen molar-refractivity contribution in [2.75, 3.05) is 7.11 Å². The van der Waals surface area contributed by atoms with Crippen LogP contribution in [0.25, 0.3) is 0 Å². The average Bonchev–Trinajstić information content (AvgIpc) is 2.28. The van der Waals surface area contributed by atoms with Gasteiger partial charge in [0.05, 0.1) is 18.2 Å². The van der Waals surface area contributed by atoms with Gasteiger partial charge in [0.15, 0.2) is 0 Å². The lowest BCUT2D eigenvalue weighted by Crippen LogP contribution is -2.07. The largest absolute Gasteiger partial charge is 0.468 e. The van der Waals surface area contributed by atoms with E-state index in [0.29, 0.717) is 0 Å². The quantitative estimate of drug-likeness (QED) is 0.559. The lowest BCUT2D eigenvalue weighted by Gasteiger charge is -2.07. The van der Waals surface area contributed by atoms with Crippen molar-refractivity contribution >= 4 is 5.97 Å². The summed E-state index contributed by atoms with van der Waals surface area (Å²) in [5, 5.41) is 0. The second kappa shape index (κ2) is 5.34. The fourth-order valence-corrected chi connectivity index (χ4v) is 1.03. The van der Waals surface area contributed by atoms with Crippen molar-refractivity contribution in [1.29, 1.82) is 0 Å². The van der Waals surface area contributed by atoms with Crippen LogP contribution in [0.15, 0.2) is 18.5 Å². The summed E-state index contributed by atoms with van der Waals surface area (Å²) in [5.41, 5.74) is -1.13. The predicted molar refractivity (Wildman–Crippen MR) is 52.8 cm³/mol. The van der Waals surface area contributed by atoms with Gasteiger partial charge in [-0.3, -0.25) is 9.78 Å². The van der Waals surface area contributed by atoms with Crippen LogP contribution in [0.2, 0.25) is 0 Å². The lowest BCUT2D eigenvalue weighted by molar-refractivity contribution is -0.139. The van der Waals surface area contributed by atoms with Crippen molar-refractivity contribution < 1.29 is 22.7 Å². The summed E-state index contributed by atoms with van der Waals surface area (Å²) in [5.74, 6) is 3.95. The normalized spacial score (nSPS) is 10.4. The summed E-state index contributed by atoms with van der Waals surface area (Å²) in [6, 6.07) is 0.835. The molecule has 0 bridgehead atoms. The number of carbonyl (C=O) groups excluding carboxylic acids is 1. The fraction of sp³-hybridized carbons (Fsp3) is 0.273. The highest BCUT2D eigenvalue weighted by Crippen LogP contribution is 2.30. The lowest BCUT2D eigenvalue weighted by atomic mass is 10.1. The van der Waals surface area contributed by atoms with Crippen LogP contribution in [0.1, 0.15) is 17.5 Å².